The molecule has 0 saturated heterocycles. The van der Waals surface area contributed by atoms with Gasteiger partial charge in [0.1, 0.15) is 5.71 Å². The summed E-state index contributed by atoms with van der Waals surface area (Å²) in [5.41, 5.74) is 4.49. The number of nitrogens with zero attached hydrogens (tertiary/aromatic N) is 1. The van der Waals surface area contributed by atoms with Crippen LogP contribution in [0.25, 0.3) is 0 Å². The van der Waals surface area contributed by atoms with E-state index < -0.39 is 0 Å². The van der Waals surface area contributed by atoms with Crippen molar-refractivity contribution < 1.29 is 4.79 Å². The topological polar surface area (TPSA) is 41.5 Å². The first-order valence-corrected chi connectivity index (χ1v) is 6.90. The molecular formula is C16H20N2O. The van der Waals surface area contributed by atoms with Gasteiger partial charge in [0.25, 0.3) is 0 Å². The van der Waals surface area contributed by atoms with Crippen molar-refractivity contribution >= 4 is 17.2 Å². The molecule has 1 aromatic rings. The minimum Gasteiger partial charge on any atom is -0.292 e. The number of hydrazone groups is 1. The second kappa shape index (κ2) is 3.92. The summed E-state index contributed by atoms with van der Waals surface area (Å²) in [6.45, 7) is 6.50. The quantitative estimate of drug-likeness (QED) is 0.823. The molecule has 0 unspecified atom stereocenters. The molecule has 3 nitrogen and oxygen atoms in total. The Labute approximate surface area is 114 Å². The molecule has 2 saturated carbocycles. The standard InChI is InChI=1S/C16H20N2O/c1-15(2)12-9-10-16(15,3)14(19)13(12)18-17-11-7-5-4-6-8-11/h4-8,12,17H,9-10H2,1-3H3/b18-13-/t12-,16+/m1/s1. The highest BCUT2D eigenvalue weighted by Crippen LogP contribution is 2.62. The lowest BCUT2D eigenvalue weighted by atomic mass is 9.70. The van der Waals surface area contributed by atoms with Crippen LogP contribution in [0.3, 0.4) is 0 Å². The van der Waals surface area contributed by atoms with Crippen molar-refractivity contribution in [3.05, 3.63) is 30.3 Å². The largest absolute Gasteiger partial charge is 0.292 e. The summed E-state index contributed by atoms with van der Waals surface area (Å²) in [4.78, 5) is 12.6. The summed E-state index contributed by atoms with van der Waals surface area (Å²) < 4.78 is 0. The summed E-state index contributed by atoms with van der Waals surface area (Å²) in [5.74, 6) is 0.526. The van der Waals surface area contributed by atoms with Gasteiger partial charge in [0.15, 0.2) is 5.78 Å². The number of carbonyl (C=O) groups is 1. The molecule has 2 bridgehead atoms. The van der Waals surface area contributed by atoms with Gasteiger partial charge in [0.05, 0.1) is 5.69 Å². The van der Waals surface area contributed by atoms with Crippen LogP contribution in [0.5, 0.6) is 0 Å². The molecule has 19 heavy (non-hydrogen) atoms. The van der Waals surface area contributed by atoms with E-state index in [0.29, 0.717) is 5.92 Å². The molecule has 0 aromatic heterocycles. The van der Waals surface area contributed by atoms with Crippen LogP contribution < -0.4 is 5.43 Å². The lowest BCUT2D eigenvalue weighted by molar-refractivity contribution is -0.123. The highest BCUT2D eigenvalue weighted by molar-refractivity contribution is 6.45. The zero-order valence-electron chi connectivity index (χ0n) is 11.7. The summed E-state index contributed by atoms with van der Waals surface area (Å²) in [5, 5.41) is 4.42. The van der Waals surface area contributed by atoms with Crippen LogP contribution >= 0.6 is 0 Å². The van der Waals surface area contributed by atoms with Crippen LogP contribution in [-0.4, -0.2) is 11.5 Å². The van der Waals surface area contributed by atoms with Crippen LogP contribution in [-0.2, 0) is 4.79 Å². The fourth-order valence-corrected chi connectivity index (χ4v) is 3.59. The van der Waals surface area contributed by atoms with Gasteiger partial charge in [-0.05, 0) is 30.4 Å². The molecule has 2 fully saturated rings. The number of anilines is 1. The average molecular weight is 256 g/mol. The van der Waals surface area contributed by atoms with Gasteiger partial charge < -0.3 is 0 Å². The smallest absolute Gasteiger partial charge is 0.185 e. The van der Waals surface area contributed by atoms with Crippen molar-refractivity contribution in [1.29, 1.82) is 0 Å². The molecular weight excluding hydrogens is 236 g/mol. The van der Waals surface area contributed by atoms with Crippen molar-refractivity contribution in [3.8, 4) is 0 Å². The number of rotatable bonds is 2. The fraction of sp³-hybridized carbons (Fsp3) is 0.500. The first kappa shape index (κ1) is 12.4. The highest BCUT2D eigenvalue weighted by Gasteiger charge is 2.65. The lowest BCUT2D eigenvalue weighted by Crippen LogP contribution is -2.33. The second-order valence-electron chi connectivity index (χ2n) is 6.45. The monoisotopic (exact) mass is 256 g/mol. The molecule has 2 atom stereocenters. The molecule has 3 rings (SSSR count). The molecule has 0 spiro atoms. The van der Waals surface area contributed by atoms with Gasteiger partial charge in [0.2, 0.25) is 0 Å². The molecule has 1 aromatic carbocycles. The molecule has 0 aliphatic heterocycles. The average Bonchev–Trinajstić information content (AvgIpc) is 2.70. The Kier molecular flexibility index (Phi) is 2.56. The molecule has 100 valence electrons. The molecule has 2 aliphatic rings. The molecule has 0 radical (unpaired) electrons. The highest BCUT2D eigenvalue weighted by atomic mass is 16.1. The number of ketones is 1. The van der Waals surface area contributed by atoms with Crippen molar-refractivity contribution in [2.45, 2.75) is 33.6 Å². The van der Waals surface area contributed by atoms with Gasteiger partial charge in [-0.2, -0.15) is 5.10 Å². The van der Waals surface area contributed by atoms with Crippen molar-refractivity contribution in [3.63, 3.8) is 0 Å². The Hall–Kier alpha value is -1.64. The Bertz CT molecular complexity index is 547. The van der Waals surface area contributed by atoms with Gasteiger partial charge in [-0.1, -0.05) is 39.0 Å². The zero-order chi connectivity index (χ0) is 13.7. The van der Waals surface area contributed by atoms with Crippen molar-refractivity contribution in [1.82, 2.24) is 0 Å². The lowest BCUT2D eigenvalue weighted by Gasteiger charge is -2.31. The molecule has 3 heteroatoms. The molecule has 2 aliphatic carbocycles. The Balaban J connectivity index is 1.89. The van der Waals surface area contributed by atoms with Gasteiger partial charge in [0, 0.05) is 11.3 Å². The van der Waals surface area contributed by atoms with Crippen molar-refractivity contribution in [2.24, 2.45) is 21.8 Å². The summed E-state index contributed by atoms with van der Waals surface area (Å²) in [6.07, 6.45) is 2.07. The molecule has 0 amide bonds. The minimum absolute atomic E-state index is 0.0291. The summed E-state index contributed by atoms with van der Waals surface area (Å²) >= 11 is 0. The van der Waals surface area contributed by atoms with E-state index in [0.717, 1.165) is 24.2 Å². The zero-order valence-corrected chi connectivity index (χ0v) is 11.7. The maximum Gasteiger partial charge on any atom is 0.185 e. The van der Waals surface area contributed by atoms with Gasteiger partial charge in [-0.25, -0.2) is 0 Å². The Morgan fingerprint density at radius 2 is 1.89 bits per heavy atom. The number of hydrogen-bond donors (Lipinski definition) is 1. The van der Waals surface area contributed by atoms with Crippen LogP contribution in [0, 0.1) is 16.7 Å². The van der Waals surface area contributed by atoms with Gasteiger partial charge in [-0.3, -0.25) is 10.2 Å². The van der Waals surface area contributed by atoms with Gasteiger partial charge in [-0.15, -0.1) is 0 Å². The second-order valence-corrected chi connectivity index (χ2v) is 6.45. The van der Waals surface area contributed by atoms with E-state index in [1.54, 1.807) is 0 Å². The Morgan fingerprint density at radius 1 is 1.21 bits per heavy atom. The Morgan fingerprint density at radius 3 is 2.47 bits per heavy atom. The normalized spacial score (nSPS) is 33.9. The first-order valence-electron chi connectivity index (χ1n) is 6.90. The van der Waals surface area contributed by atoms with Crippen LogP contribution in [0.15, 0.2) is 35.4 Å². The predicted octanol–water partition coefficient (Wildman–Crippen LogP) is 3.48. The van der Waals surface area contributed by atoms with Crippen LogP contribution in [0.1, 0.15) is 33.6 Å². The predicted molar refractivity (Wildman–Crippen MR) is 77.1 cm³/mol. The fourth-order valence-electron chi connectivity index (χ4n) is 3.59. The number of nitrogens with one attached hydrogen (secondary N) is 1. The van der Waals surface area contributed by atoms with E-state index in [1.807, 2.05) is 30.3 Å². The number of fused-ring (bicyclic) bond motifs is 2. The van der Waals surface area contributed by atoms with Crippen LogP contribution in [0.2, 0.25) is 0 Å². The van der Waals surface area contributed by atoms with E-state index in [9.17, 15) is 4.79 Å². The van der Waals surface area contributed by atoms with E-state index in [2.05, 4.69) is 31.3 Å². The maximum atomic E-state index is 12.6. The maximum absolute atomic E-state index is 12.6. The van der Waals surface area contributed by atoms with Crippen molar-refractivity contribution in [2.75, 3.05) is 5.43 Å². The summed E-state index contributed by atoms with van der Waals surface area (Å²) in [6, 6.07) is 9.78. The summed E-state index contributed by atoms with van der Waals surface area (Å²) in [7, 11) is 0. The molecule has 0 heterocycles. The third-order valence-corrected chi connectivity index (χ3v) is 5.37. The number of hydrogen-bond acceptors (Lipinski definition) is 3. The van der Waals surface area contributed by atoms with Gasteiger partial charge >= 0.3 is 0 Å². The number of benzene rings is 1. The number of Topliss-reactive ketones (excluding diaryl/α,β-unsaturated/α-hetero) is 1. The first-order chi connectivity index (χ1) is 8.97. The van der Waals surface area contributed by atoms with E-state index in [4.69, 9.17) is 0 Å². The molecule has 1 N–H and O–H groups in total. The van der Waals surface area contributed by atoms with Crippen LogP contribution in [0.4, 0.5) is 5.69 Å². The van der Waals surface area contributed by atoms with E-state index in [-0.39, 0.29) is 16.6 Å². The van der Waals surface area contributed by atoms with E-state index >= 15 is 0 Å². The van der Waals surface area contributed by atoms with E-state index in [1.165, 1.54) is 0 Å². The third kappa shape index (κ3) is 1.57. The SMILES string of the molecule is CC1(C)[C@@H]2CC[C@@]1(C)C(=O)/C2=N\Nc1ccccc1. The number of para-hydroxylation sites is 1. The number of carbonyl (C=O) groups excluding carboxylic acids is 1. The third-order valence-electron chi connectivity index (χ3n) is 5.37. The minimum atomic E-state index is -0.227.